The first-order chi connectivity index (χ1) is 12.3. The van der Waals surface area contributed by atoms with Gasteiger partial charge in [-0.1, -0.05) is 45.9 Å². The molecule has 0 N–H and O–H groups in total. The minimum absolute atomic E-state index is 0.185. The summed E-state index contributed by atoms with van der Waals surface area (Å²) < 4.78 is 4.79. The molecule has 0 saturated heterocycles. The highest BCUT2D eigenvalue weighted by atomic mass is 16.2. The van der Waals surface area contributed by atoms with Gasteiger partial charge in [0, 0.05) is 13.1 Å². The quantitative estimate of drug-likeness (QED) is 0.708. The van der Waals surface area contributed by atoms with Crippen LogP contribution in [-0.2, 0) is 13.1 Å². The standard InChI is InChI=1S/C20H26N4O2/c1-13(2)10-22-12-21-18-17(22)19(25)23(11-14(3)4)20(26)24(18)16-9-7-6-8-15(16)5/h6-9,12-14H,10-11H2,1-5H3. The summed E-state index contributed by atoms with van der Waals surface area (Å²) in [5.74, 6) is 0.550. The third-order valence-electron chi connectivity index (χ3n) is 4.37. The highest BCUT2D eigenvalue weighted by Gasteiger charge is 2.20. The Hall–Kier alpha value is -2.63. The number of nitrogens with zero attached hydrogens (tertiary/aromatic N) is 4. The van der Waals surface area contributed by atoms with Gasteiger partial charge >= 0.3 is 5.69 Å². The minimum Gasteiger partial charge on any atom is -0.324 e. The van der Waals surface area contributed by atoms with Gasteiger partial charge in [0.05, 0.1) is 12.0 Å². The van der Waals surface area contributed by atoms with Crippen molar-refractivity contribution in [2.45, 2.75) is 47.7 Å². The predicted octanol–water partition coefficient (Wildman–Crippen LogP) is 2.97. The molecule has 0 aliphatic rings. The third kappa shape index (κ3) is 3.11. The minimum atomic E-state index is -0.333. The van der Waals surface area contributed by atoms with Gasteiger partial charge < -0.3 is 4.57 Å². The summed E-state index contributed by atoms with van der Waals surface area (Å²) in [4.78, 5) is 30.7. The van der Waals surface area contributed by atoms with Crippen molar-refractivity contribution in [1.82, 2.24) is 18.7 Å². The summed E-state index contributed by atoms with van der Waals surface area (Å²) >= 11 is 0. The van der Waals surface area contributed by atoms with Crippen LogP contribution in [0.4, 0.5) is 0 Å². The van der Waals surface area contributed by atoms with Gasteiger partial charge in [-0.2, -0.15) is 0 Å². The highest BCUT2D eigenvalue weighted by molar-refractivity contribution is 5.72. The first-order valence-corrected chi connectivity index (χ1v) is 9.08. The first-order valence-electron chi connectivity index (χ1n) is 9.08. The Morgan fingerprint density at radius 3 is 2.27 bits per heavy atom. The zero-order valence-corrected chi connectivity index (χ0v) is 16.1. The predicted molar refractivity (Wildman–Crippen MR) is 104 cm³/mol. The second kappa shape index (κ2) is 6.94. The zero-order chi connectivity index (χ0) is 19.0. The Labute approximate surface area is 152 Å². The summed E-state index contributed by atoms with van der Waals surface area (Å²) in [5.41, 5.74) is 2.04. The SMILES string of the molecule is Cc1ccccc1-n1c(=O)n(CC(C)C)c(=O)c2c1ncn2CC(C)C. The van der Waals surface area contributed by atoms with E-state index >= 15 is 0 Å². The van der Waals surface area contributed by atoms with Crippen molar-refractivity contribution in [2.75, 3.05) is 0 Å². The number of hydrogen-bond donors (Lipinski definition) is 0. The molecule has 0 unspecified atom stereocenters. The van der Waals surface area contributed by atoms with Gasteiger partial charge in [0.1, 0.15) is 0 Å². The van der Waals surface area contributed by atoms with Crippen LogP contribution in [0.25, 0.3) is 16.9 Å². The van der Waals surface area contributed by atoms with E-state index in [1.807, 2.05) is 49.6 Å². The molecular formula is C20H26N4O2. The number of fused-ring (bicyclic) bond motifs is 1. The van der Waals surface area contributed by atoms with Crippen molar-refractivity contribution in [1.29, 1.82) is 0 Å². The molecule has 6 nitrogen and oxygen atoms in total. The summed E-state index contributed by atoms with van der Waals surface area (Å²) in [5, 5.41) is 0. The molecule has 0 atom stereocenters. The van der Waals surface area contributed by atoms with Crippen LogP contribution in [0.1, 0.15) is 33.3 Å². The van der Waals surface area contributed by atoms with Crippen LogP contribution in [0.2, 0.25) is 0 Å². The van der Waals surface area contributed by atoms with E-state index in [9.17, 15) is 9.59 Å². The van der Waals surface area contributed by atoms with Gasteiger partial charge in [0.25, 0.3) is 5.56 Å². The van der Waals surface area contributed by atoms with Gasteiger partial charge in [0.2, 0.25) is 0 Å². The van der Waals surface area contributed by atoms with E-state index in [-0.39, 0.29) is 17.2 Å². The summed E-state index contributed by atoms with van der Waals surface area (Å²) in [6.07, 6.45) is 1.67. The molecule has 0 saturated carbocycles. The monoisotopic (exact) mass is 354 g/mol. The molecular weight excluding hydrogens is 328 g/mol. The Kier molecular flexibility index (Phi) is 4.85. The fraction of sp³-hybridized carbons (Fsp3) is 0.450. The Bertz CT molecular complexity index is 1050. The second-order valence-electron chi connectivity index (χ2n) is 7.68. The van der Waals surface area contributed by atoms with Gasteiger partial charge in [-0.05, 0) is 30.4 Å². The molecule has 0 fully saturated rings. The van der Waals surface area contributed by atoms with Crippen LogP contribution in [0.3, 0.4) is 0 Å². The van der Waals surface area contributed by atoms with Crippen molar-refractivity contribution in [2.24, 2.45) is 11.8 Å². The molecule has 0 bridgehead atoms. The maximum Gasteiger partial charge on any atom is 0.337 e. The smallest absolute Gasteiger partial charge is 0.324 e. The van der Waals surface area contributed by atoms with E-state index in [4.69, 9.17) is 0 Å². The average molecular weight is 354 g/mol. The topological polar surface area (TPSA) is 61.8 Å². The average Bonchev–Trinajstić information content (AvgIpc) is 2.96. The van der Waals surface area contributed by atoms with Gasteiger partial charge in [-0.25, -0.2) is 14.3 Å². The number of aromatic nitrogens is 4. The van der Waals surface area contributed by atoms with Crippen LogP contribution in [0.5, 0.6) is 0 Å². The largest absolute Gasteiger partial charge is 0.337 e. The lowest BCUT2D eigenvalue weighted by molar-refractivity contribution is 0.485. The Morgan fingerprint density at radius 2 is 1.65 bits per heavy atom. The molecule has 26 heavy (non-hydrogen) atoms. The fourth-order valence-corrected chi connectivity index (χ4v) is 3.27. The maximum atomic E-state index is 13.2. The number of rotatable bonds is 5. The Balaban J connectivity index is 2.44. The summed E-state index contributed by atoms with van der Waals surface area (Å²) in [6, 6.07) is 7.67. The molecule has 0 aliphatic carbocycles. The molecule has 3 aromatic rings. The number of aryl methyl sites for hydroxylation is 1. The molecule has 1 aromatic carbocycles. The van der Waals surface area contributed by atoms with Crippen molar-refractivity contribution < 1.29 is 0 Å². The normalized spacial score (nSPS) is 11.8. The zero-order valence-electron chi connectivity index (χ0n) is 16.1. The second-order valence-corrected chi connectivity index (χ2v) is 7.68. The van der Waals surface area contributed by atoms with Crippen molar-refractivity contribution in [3.05, 3.63) is 57.0 Å². The van der Waals surface area contributed by atoms with E-state index in [0.717, 1.165) is 11.3 Å². The van der Waals surface area contributed by atoms with Gasteiger partial charge in [-0.15, -0.1) is 0 Å². The Morgan fingerprint density at radius 1 is 1.00 bits per heavy atom. The lowest BCUT2D eigenvalue weighted by Gasteiger charge is -2.15. The molecule has 0 amide bonds. The first kappa shape index (κ1) is 18.2. The maximum absolute atomic E-state index is 13.2. The molecule has 138 valence electrons. The van der Waals surface area contributed by atoms with E-state index in [1.165, 1.54) is 4.57 Å². The number of benzene rings is 1. The van der Waals surface area contributed by atoms with Gasteiger partial charge in [-0.3, -0.25) is 9.36 Å². The fourth-order valence-electron chi connectivity index (χ4n) is 3.27. The molecule has 2 heterocycles. The van der Waals surface area contributed by atoms with Crippen molar-refractivity contribution in [3.8, 4) is 5.69 Å². The number of imidazole rings is 1. The van der Waals surface area contributed by atoms with Crippen LogP contribution < -0.4 is 11.2 Å². The van der Waals surface area contributed by atoms with E-state index in [2.05, 4.69) is 18.8 Å². The van der Waals surface area contributed by atoms with Crippen molar-refractivity contribution >= 4 is 11.2 Å². The van der Waals surface area contributed by atoms with Crippen LogP contribution in [0.15, 0.2) is 40.2 Å². The van der Waals surface area contributed by atoms with E-state index in [1.54, 1.807) is 10.9 Å². The lowest BCUT2D eigenvalue weighted by atomic mass is 10.2. The molecule has 0 spiro atoms. The molecule has 0 aliphatic heterocycles. The summed E-state index contributed by atoms with van der Waals surface area (Å²) in [7, 11) is 0. The summed E-state index contributed by atoms with van der Waals surface area (Å²) in [6.45, 7) is 11.2. The lowest BCUT2D eigenvalue weighted by Crippen LogP contribution is -2.41. The molecule has 0 radical (unpaired) electrons. The molecule has 6 heteroatoms. The number of para-hydroxylation sites is 1. The number of hydrogen-bond acceptors (Lipinski definition) is 3. The van der Waals surface area contributed by atoms with Crippen LogP contribution in [-0.4, -0.2) is 18.7 Å². The van der Waals surface area contributed by atoms with Crippen LogP contribution >= 0.6 is 0 Å². The highest BCUT2D eigenvalue weighted by Crippen LogP contribution is 2.17. The third-order valence-corrected chi connectivity index (χ3v) is 4.37. The van der Waals surface area contributed by atoms with E-state index < -0.39 is 0 Å². The van der Waals surface area contributed by atoms with Crippen molar-refractivity contribution in [3.63, 3.8) is 0 Å². The molecule has 3 rings (SSSR count). The van der Waals surface area contributed by atoms with Crippen LogP contribution in [0, 0.1) is 18.8 Å². The van der Waals surface area contributed by atoms with Gasteiger partial charge in [0.15, 0.2) is 11.2 Å². The molecule has 2 aromatic heterocycles. The van der Waals surface area contributed by atoms with E-state index in [0.29, 0.717) is 30.2 Å².